The van der Waals surface area contributed by atoms with Crippen LogP contribution in [0.1, 0.15) is 19.8 Å². The first-order chi connectivity index (χ1) is 9.79. The number of hydrogen-bond acceptors (Lipinski definition) is 3. The second kappa shape index (κ2) is 5.28. The summed E-state index contributed by atoms with van der Waals surface area (Å²) < 4.78 is 1.87. The summed E-state index contributed by atoms with van der Waals surface area (Å²) in [6.07, 6.45) is 3.79. The van der Waals surface area contributed by atoms with E-state index in [9.17, 15) is 4.79 Å². The maximum Gasteiger partial charge on any atom is 0.277 e. The van der Waals surface area contributed by atoms with Crippen molar-refractivity contribution in [2.75, 3.05) is 0 Å². The SMILES string of the molecule is CCCCn1cnc2nc(-c3ccccc3)[nH]c(=O)c21. The van der Waals surface area contributed by atoms with Crippen molar-refractivity contribution in [3.63, 3.8) is 0 Å². The first-order valence-corrected chi connectivity index (χ1v) is 6.80. The molecule has 1 aromatic carbocycles. The van der Waals surface area contributed by atoms with Crippen molar-refractivity contribution in [1.82, 2.24) is 19.5 Å². The van der Waals surface area contributed by atoms with Crippen LogP contribution in [0.25, 0.3) is 22.6 Å². The van der Waals surface area contributed by atoms with Gasteiger partial charge in [-0.05, 0) is 6.42 Å². The molecule has 0 spiro atoms. The van der Waals surface area contributed by atoms with Crippen LogP contribution in [0, 0.1) is 0 Å². The molecular weight excluding hydrogens is 252 g/mol. The number of benzene rings is 1. The summed E-state index contributed by atoms with van der Waals surface area (Å²) in [5.74, 6) is 0.559. The van der Waals surface area contributed by atoms with Crippen molar-refractivity contribution >= 4 is 11.2 Å². The first kappa shape index (κ1) is 12.6. The van der Waals surface area contributed by atoms with Gasteiger partial charge in [-0.3, -0.25) is 4.79 Å². The summed E-state index contributed by atoms with van der Waals surface area (Å²) >= 11 is 0. The van der Waals surface area contributed by atoms with Crippen LogP contribution in [0.3, 0.4) is 0 Å². The van der Waals surface area contributed by atoms with Gasteiger partial charge < -0.3 is 9.55 Å². The fraction of sp³-hybridized carbons (Fsp3) is 0.267. The Bertz CT molecular complexity index is 773. The maximum absolute atomic E-state index is 12.3. The van der Waals surface area contributed by atoms with Crippen LogP contribution in [0.5, 0.6) is 0 Å². The second-order valence-corrected chi connectivity index (χ2v) is 4.74. The van der Waals surface area contributed by atoms with Crippen LogP contribution in [0.15, 0.2) is 41.5 Å². The van der Waals surface area contributed by atoms with E-state index in [-0.39, 0.29) is 5.56 Å². The first-order valence-electron chi connectivity index (χ1n) is 6.80. The Labute approximate surface area is 116 Å². The van der Waals surface area contributed by atoms with Gasteiger partial charge >= 0.3 is 0 Å². The van der Waals surface area contributed by atoms with Crippen molar-refractivity contribution in [3.8, 4) is 11.4 Å². The van der Waals surface area contributed by atoms with Crippen molar-refractivity contribution < 1.29 is 0 Å². The fourth-order valence-electron chi connectivity index (χ4n) is 2.22. The molecule has 5 nitrogen and oxygen atoms in total. The highest BCUT2D eigenvalue weighted by atomic mass is 16.1. The summed E-state index contributed by atoms with van der Waals surface area (Å²) in [7, 11) is 0. The number of nitrogens with zero attached hydrogens (tertiary/aromatic N) is 3. The van der Waals surface area contributed by atoms with Crippen molar-refractivity contribution in [1.29, 1.82) is 0 Å². The van der Waals surface area contributed by atoms with Crippen molar-refractivity contribution in [2.45, 2.75) is 26.3 Å². The summed E-state index contributed by atoms with van der Waals surface area (Å²) in [5.41, 5.74) is 1.80. The van der Waals surface area contributed by atoms with E-state index in [2.05, 4.69) is 21.9 Å². The van der Waals surface area contributed by atoms with Gasteiger partial charge in [-0.25, -0.2) is 9.97 Å². The number of nitrogens with one attached hydrogen (secondary N) is 1. The minimum atomic E-state index is -0.137. The number of H-pyrrole nitrogens is 1. The number of hydrogen-bond donors (Lipinski definition) is 1. The summed E-state index contributed by atoms with van der Waals surface area (Å²) in [6, 6.07) is 9.59. The van der Waals surface area contributed by atoms with E-state index in [1.54, 1.807) is 6.33 Å². The average molecular weight is 268 g/mol. The van der Waals surface area contributed by atoms with Crippen LogP contribution in [-0.2, 0) is 6.54 Å². The highest BCUT2D eigenvalue weighted by molar-refractivity contribution is 5.72. The van der Waals surface area contributed by atoms with Gasteiger partial charge in [-0.1, -0.05) is 43.7 Å². The van der Waals surface area contributed by atoms with Crippen LogP contribution in [0.4, 0.5) is 0 Å². The lowest BCUT2D eigenvalue weighted by Gasteiger charge is -2.03. The number of unbranched alkanes of at least 4 members (excludes halogenated alkanes) is 1. The van der Waals surface area contributed by atoms with E-state index >= 15 is 0 Å². The largest absolute Gasteiger partial charge is 0.325 e. The van der Waals surface area contributed by atoms with Crippen molar-refractivity contribution in [3.05, 3.63) is 47.0 Å². The molecule has 0 amide bonds. The predicted octanol–water partition coefficient (Wildman–Crippen LogP) is 2.59. The number of rotatable bonds is 4. The van der Waals surface area contributed by atoms with Gasteiger partial charge in [0, 0.05) is 12.1 Å². The molecular formula is C15H16N4O. The quantitative estimate of drug-likeness (QED) is 0.791. The van der Waals surface area contributed by atoms with Gasteiger partial charge in [0.2, 0.25) is 0 Å². The number of aromatic nitrogens is 4. The molecule has 2 heterocycles. The molecule has 0 bridgehead atoms. The Morgan fingerprint density at radius 2 is 2.05 bits per heavy atom. The fourth-order valence-corrected chi connectivity index (χ4v) is 2.22. The molecule has 0 saturated carbocycles. The summed E-state index contributed by atoms with van der Waals surface area (Å²) in [4.78, 5) is 23.8. The van der Waals surface area contributed by atoms with Gasteiger partial charge in [-0.2, -0.15) is 0 Å². The maximum atomic E-state index is 12.3. The molecule has 0 unspecified atom stereocenters. The Kier molecular flexibility index (Phi) is 3.33. The lowest BCUT2D eigenvalue weighted by Crippen LogP contribution is -2.13. The van der Waals surface area contributed by atoms with Crippen LogP contribution in [0.2, 0.25) is 0 Å². The Hall–Kier alpha value is -2.43. The summed E-state index contributed by atoms with van der Waals surface area (Å²) in [5, 5.41) is 0. The smallest absolute Gasteiger partial charge is 0.277 e. The Morgan fingerprint density at radius 1 is 1.25 bits per heavy atom. The molecule has 5 heteroatoms. The third kappa shape index (κ3) is 2.22. The molecule has 0 saturated heterocycles. The zero-order valence-electron chi connectivity index (χ0n) is 11.3. The molecule has 0 fully saturated rings. The van der Waals surface area contributed by atoms with Crippen LogP contribution >= 0.6 is 0 Å². The molecule has 1 N–H and O–H groups in total. The Balaban J connectivity index is 2.10. The highest BCUT2D eigenvalue weighted by Gasteiger charge is 2.11. The van der Waals surface area contributed by atoms with Gasteiger partial charge in [0.15, 0.2) is 11.2 Å². The van der Waals surface area contributed by atoms with Crippen LogP contribution in [-0.4, -0.2) is 19.5 Å². The van der Waals surface area contributed by atoms with Crippen LogP contribution < -0.4 is 5.56 Å². The number of fused-ring (bicyclic) bond motifs is 1. The Morgan fingerprint density at radius 3 is 2.80 bits per heavy atom. The topological polar surface area (TPSA) is 63.6 Å². The summed E-state index contributed by atoms with van der Waals surface area (Å²) in [6.45, 7) is 2.91. The third-order valence-electron chi connectivity index (χ3n) is 3.28. The zero-order chi connectivity index (χ0) is 13.9. The van der Waals surface area contributed by atoms with Gasteiger partial charge in [0.05, 0.1) is 6.33 Å². The highest BCUT2D eigenvalue weighted by Crippen LogP contribution is 2.15. The lowest BCUT2D eigenvalue weighted by atomic mass is 10.2. The molecule has 2 aromatic heterocycles. The molecule has 3 aromatic rings. The van der Waals surface area contributed by atoms with E-state index in [4.69, 9.17) is 0 Å². The van der Waals surface area contributed by atoms with E-state index in [1.807, 2.05) is 34.9 Å². The monoisotopic (exact) mass is 268 g/mol. The number of aromatic amines is 1. The second-order valence-electron chi connectivity index (χ2n) is 4.74. The van der Waals surface area contributed by atoms with Crippen molar-refractivity contribution in [2.24, 2.45) is 0 Å². The predicted molar refractivity (Wildman–Crippen MR) is 78.5 cm³/mol. The molecule has 102 valence electrons. The molecule has 0 aliphatic rings. The number of aryl methyl sites for hydroxylation is 1. The molecule has 20 heavy (non-hydrogen) atoms. The molecule has 0 aliphatic heterocycles. The third-order valence-corrected chi connectivity index (χ3v) is 3.28. The number of imidazole rings is 1. The standard InChI is InChI=1S/C15H16N4O/c1-2-3-9-19-10-16-14-12(19)15(20)18-13(17-14)11-7-5-4-6-8-11/h4-8,10H,2-3,9H2,1H3,(H,17,18,20). The van der Waals surface area contributed by atoms with E-state index in [0.29, 0.717) is 17.0 Å². The molecule has 0 atom stereocenters. The average Bonchev–Trinajstić information content (AvgIpc) is 2.89. The minimum absolute atomic E-state index is 0.137. The molecule has 0 radical (unpaired) electrons. The minimum Gasteiger partial charge on any atom is -0.325 e. The van der Waals surface area contributed by atoms with Gasteiger partial charge in [-0.15, -0.1) is 0 Å². The van der Waals surface area contributed by atoms with E-state index < -0.39 is 0 Å². The van der Waals surface area contributed by atoms with Gasteiger partial charge in [0.1, 0.15) is 5.82 Å². The van der Waals surface area contributed by atoms with E-state index in [1.165, 1.54) is 0 Å². The molecule has 3 rings (SSSR count). The molecule has 0 aliphatic carbocycles. The normalized spacial score (nSPS) is 11.1. The lowest BCUT2D eigenvalue weighted by molar-refractivity contribution is 0.644. The van der Waals surface area contributed by atoms with E-state index in [0.717, 1.165) is 24.9 Å². The van der Waals surface area contributed by atoms with Gasteiger partial charge in [0.25, 0.3) is 5.56 Å². The zero-order valence-corrected chi connectivity index (χ0v) is 11.3.